The summed E-state index contributed by atoms with van der Waals surface area (Å²) in [5.41, 5.74) is 7.07. The van der Waals surface area contributed by atoms with Gasteiger partial charge in [-0.3, -0.25) is 0 Å². The van der Waals surface area contributed by atoms with Crippen LogP contribution in [-0.4, -0.2) is 19.9 Å². The molecule has 0 aliphatic rings. The monoisotopic (exact) mass is 536 g/mol. The number of nitrogens with zero attached hydrogens (tertiary/aromatic N) is 4. The molecule has 5 aromatic heterocycles. The molecule has 0 aliphatic carbocycles. The van der Waals surface area contributed by atoms with Gasteiger partial charge in [-0.15, -0.1) is 22.7 Å². The Bertz CT molecular complexity index is 2250. The summed E-state index contributed by atoms with van der Waals surface area (Å²) in [6.07, 6.45) is 5.19. The van der Waals surface area contributed by atoms with Gasteiger partial charge in [-0.25, -0.2) is 19.9 Å². The van der Waals surface area contributed by atoms with E-state index in [9.17, 15) is 0 Å². The summed E-state index contributed by atoms with van der Waals surface area (Å²) < 4.78 is 9.80. The molecular weight excluding hydrogens is 521 g/mol. The summed E-state index contributed by atoms with van der Waals surface area (Å²) >= 11 is 3.45. The van der Waals surface area contributed by atoms with Gasteiger partial charge in [-0.1, -0.05) is 42.5 Å². The molecule has 0 fully saturated rings. The summed E-state index contributed by atoms with van der Waals surface area (Å²) in [6, 6.07) is 27.6. The van der Waals surface area contributed by atoms with Crippen LogP contribution in [0, 0.1) is 0 Å². The zero-order chi connectivity index (χ0) is 25.5. The highest BCUT2D eigenvalue weighted by atomic mass is 32.1. The fraction of sp³-hybridized carbons (Fsp3) is 0. The standard InChI is InChI=1S/C32H16N4OS2/c1-2-7-27-21(4-1)29-31(38-27)28(34-16-35-29)18-9-11-26-23(13-18)22-12-17(8-10-25(22)37-26)19-5-3-6-20-24-14-33-15-36-32(24)39-30(19)20/h1-16H. The van der Waals surface area contributed by atoms with E-state index < -0.39 is 0 Å². The van der Waals surface area contributed by atoms with Gasteiger partial charge in [-0.05, 0) is 47.5 Å². The maximum Gasteiger partial charge on any atom is 0.135 e. The highest BCUT2D eigenvalue weighted by Gasteiger charge is 2.16. The van der Waals surface area contributed by atoms with Crippen LogP contribution in [0.2, 0.25) is 0 Å². The SMILES string of the molecule is c1ccc2c(c1)sc1c(-c3ccc4oc5ccc(-c6cccc7c6sc6ncncc67)cc5c4c3)ncnc12. The fourth-order valence-electron chi connectivity index (χ4n) is 5.59. The molecule has 0 unspecified atom stereocenters. The first-order valence-corrected chi connectivity index (χ1v) is 14.2. The lowest BCUT2D eigenvalue weighted by molar-refractivity contribution is 0.669. The summed E-state index contributed by atoms with van der Waals surface area (Å²) in [4.78, 5) is 19.1. The lowest BCUT2D eigenvalue weighted by Crippen LogP contribution is -1.86. The van der Waals surface area contributed by atoms with Crippen LogP contribution in [0.25, 0.3) is 84.9 Å². The molecule has 9 aromatic rings. The van der Waals surface area contributed by atoms with Gasteiger partial charge in [0.1, 0.15) is 28.7 Å². The van der Waals surface area contributed by atoms with E-state index in [1.165, 1.54) is 25.7 Å². The van der Waals surface area contributed by atoms with Crippen molar-refractivity contribution in [1.29, 1.82) is 0 Å². The molecule has 0 aliphatic heterocycles. The lowest BCUT2D eigenvalue weighted by atomic mass is 10.00. The molecule has 0 N–H and O–H groups in total. The molecule has 0 amide bonds. The minimum Gasteiger partial charge on any atom is -0.456 e. The van der Waals surface area contributed by atoms with E-state index in [4.69, 9.17) is 9.40 Å². The van der Waals surface area contributed by atoms with Crippen molar-refractivity contribution in [1.82, 2.24) is 19.9 Å². The van der Waals surface area contributed by atoms with Gasteiger partial charge in [0.15, 0.2) is 0 Å². The maximum atomic E-state index is 6.26. The first kappa shape index (κ1) is 21.2. The van der Waals surface area contributed by atoms with Crippen molar-refractivity contribution < 1.29 is 4.42 Å². The van der Waals surface area contributed by atoms with Gasteiger partial charge >= 0.3 is 0 Å². The number of aromatic nitrogens is 4. The third-order valence-electron chi connectivity index (χ3n) is 7.39. The Hall–Kier alpha value is -4.72. The molecule has 5 heterocycles. The summed E-state index contributed by atoms with van der Waals surface area (Å²) in [5.74, 6) is 0. The number of fused-ring (bicyclic) bond motifs is 9. The van der Waals surface area contributed by atoms with Gasteiger partial charge in [0, 0.05) is 48.1 Å². The van der Waals surface area contributed by atoms with E-state index in [0.29, 0.717) is 0 Å². The second kappa shape index (κ2) is 7.89. The molecule has 182 valence electrons. The Kier molecular flexibility index (Phi) is 4.30. The van der Waals surface area contributed by atoms with E-state index in [-0.39, 0.29) is 0 Å². The zero-order valence-electron chi connectivity index (χ0n) is 20.3. The quantitative estimate of drug-likeness (QED) is 0.220. The predicted molar refractivity (Wildman–Crippen MR) is 162 cm³/mol. The number of thiophene rings is 2. The van der Waals surface area contributed by atoms with Crippen LogP contribution < -0.4 is 0 Å². The van der Waals surface area contributed by atoms with Gasteiger partial charge in [0.05, 0.1) is 15.9 Å². The first-order chi connectivity index (χ1) is 19.3. The molecule has 0 saturated heterocycles. The molecule has 0 saturated carbocycles. The van der Waals surface area contributed by atoms with E-state index >= 15 is 0 Å². The Morgan fingerprint density at radius 3 is 2.33 bits per heavy atom. The fourth-order valence-corrected chi connectivity index (χ4v) is 7.91. The summed E-state index contributed by atoms with van der Waals surface area (Å²) in [5, 5.41) is 5.61. The Morgan fingerprint density at radius 1 is 0.590 bits per heavy atom. The van der Waals surface area contributed by atoms with Crippen LogP contribution in [0.1, 0.15) is 0 Å². The Labute approximate surface area is 229 Å². The molecule has 0 bridgehead atoms. The van der Waals surface area contributed by atoms with Gasteiger partial charge in [0.25, 0.3) is 0 Å². The number of benzene rings is 4. The predicted octanol–water partition coefficient (Wildman–Crippen LogP) is 9.24. The minimum absolute atomic E-state index is 0.864. The maximum absolute atomic E-state index is 6.26. The zero-order valence-corrected chi connectivity index (χ0v) is 21.9. The molecule has 5 nitrogen and oxygen atoms in total. The number of furan rings is 1. The van der Waals surface area contributed by atoms with Gasteiger partial charge in [-0.2, -0.15) is 0 Å². The third-order valence-corrected chi connectivity index (χ3v) is 9.72. The normalized spacial score (nSPS) is 12.1. The molecule has 7 heteroatoms. The second-order valence-corrected chi connectivity index (χ2v) is 11.6. The van der Waals surface area contributed by atoms with Crippen LogP contribution >= 0.6 is 22.7 Å². The van der Waals surface area contributed by atoms with Crippen molar-refractivity contribution in [3.63, 3.8) is 0 Å². The van der Waals surface area contributed by atoms with Crippen molar-refractivity contribution in [2.75, 3.05) is 0 Å². The number of rotatable bonds is 2. The van der Waals surface area contributed by atoms with Crippen LogP contribution in [-0.2, 0) is 0 Å². The van der Waals surface area contributed by atoms with Crippen molar-refractivity contribution in [3.05, 3.63) is 97.7 Å². The summed E-state index contributed by atoms with van der Waals surface area (Å²) in [7, 11) is 0. The molecule has 4 aromatic carbocycles. The Morgan fingerprint density at radius 2 is 1.41 bits per heavy atom. The molecule has 0 atom stereocenters. The highest BCUT2D eigenvalue weighted by Crippen LogP contribution is 2.42. The highest BCUT2D eigenvalue weighted by molar-refractivity contribution is 7.26. The summed E-state index contributed by atoms with van der Waals surface area (Å²) in [6.45, 7) is 0. The molecule has 0 spiro atoms. The number of hydrogen-bond acceptors (Lipinski definition) is 7. The van der Waals surface area contributed by atoms with Crippen LogP contribution in [0.4, 0.5) is 0 Å². The third kappa shape index (κ3) is 3.05. The average molecular weight is 537 g/mol. The first-order valence-electron chi connectivity index (χ1n) is 12.5. The largest absolute Gasteiger partial charge is 0.456 e. The van der Waals surface area contributed by atoms with Crippen LogP contribution in [0.5, 0.6) is 0 Å². The molecular formula is C32H16N4OS2. The minimum atomic E-state index is 0.864. The average Bonchev–Trinajstić information content (AvgIpc) is 3.67. The number of hydrogen-bond donors (Lipinski definition) is 0. The Balaban J connectivity index is 1.26. The molecule has 9 rings (SSSR count). The lowest BCUT2D eigenvalue weighted by Gasteiger charge is -2.04. The smallest absolute Gasteiger partial charge is 0.135 e. The van der Waals surface area contributed by atoms with Crippen molar-refractivity contribution in [2.24, 2.45) is 0 Å². The van der Waals surface area contributed by atoms with Crippen molar-refractivity contribution >= 4 is 85.2 Å². The van der Waals surface area contributed by atoms with Crippen LogP contribution in [0.3, 0.4) is 0 Å². The van der Waals surface area contributed by atoms with E-state index in [0.717, 1.165) is 59.2 Å². The van der Waals surface area contributed by atoms with E-state index in [1.54, 1.807) is 35.3 Å². The van der Waals surface area contributed by atoms with E-state index in [1.807, 2.05) is 6.20 Å². The van der Waals surface area contributed by atoms with E-state index in [2.05, 4.69) is 93.8 Å². The van der Waals surface area contributed by atoms with Crippen molar-refractivity contribution in [3.8, 4) is 22.4 Å². The van der Waals surface area contributed by atoms with Gasteiger partial charge in [0.2, 0.25) is 0 Å². The molecule has 0 radical (unpaired) electrons. The topological polar surface area (TPSA) is 64.7 Å². The van der Waals surface area contributed by atoms with Crippen LogP contribution in [0.15, 0.2) is 102 Å². The van der Waals surface area contributed by atoms with Crippen molar-refractivity contribution in [2.45, 2.75) is 0 Å². The molecule has 39 heavy (non-hydrogen) atoms. The van der Waals surface area contributed by atoms with Gasteiger partial charge < -0.3 is 4.42 Å². The second-order valence-electron chi connectivity index (χ2n) is 9.55.